The number of fused-ring (bicyclic) bond motifs is 6. The first-order chi connectivity index (χ1) is 49.0. The fraction of sp³-hybridized carbons (Fsp3) is 0.400. The molecule has 0 amide bonds. The van der Waals surface area contributed by atoms with E-state index >= 15 is 0 Å². The van der Waals surface area contributed by atoms with E-state index in [2.05, 4.69) is 298 Å². The molecular weight excluding hydrogens is 1200 g/mol. The molecule has 0 bridgehead atoms. The molecule has 0 fully saturated rings. The van der Waals surface area contributed by atoms with E-state index in [1.165, 1.54) is 109 Å². The Balaban J connectivity index is -0.000000112. The Kier molecular flexibility index (Phi) is 99.1. The summed E-state index contributed by atoms with van der Waals surface area (Å²) >= 11 is 0. The van der Waals surface area contributed by atoms with Crippen molar-refractivity contribution in [1.29, 1.82) is 0 Å². The van der Waals surface area contributed by atoms with E-state index < -0.39 is 0 Å². The van der Waals surface area contributed by atoms with Gasteiger partial charge in [-0.1, -0.05) is 486 Å². The van der Waals surface area contributed by atoms with Gasteiger partial charge in [0.25, 0.3) is 0 Å². The van der Waals surface area contributed by atoms with E-state index in [9.17, 15) is 0 Å². The molecule has 0 radical (unpaired) electrons. The van der Waals surface area contributed by atoms with Crippen LogP contribution in [0.3, 0.4) is 0 Å². The van der Waals surface area contributed by atoms with Crippen LogP contribution in [-0.4, -0.2) is 0 Å². The summed E-state index contributed by atoms with van der Waals surface area (Å²) in [6.45, 7) is 81.1. The standard InChI is InChI=1S/2C12H12.4C11H10.16C2H6/c1-9-3-5-12-8-10(2)4-6-11(12)7-9;1-9-5-3-8-12-10(2)6-4-7-11(9)12;2*1-9-5-4-7-10-6-2-3-8-11(9)10;2*1-9-6-7-10-4-2-3-5-11(10)8-9;16*1-2/h2*3-8H,1-2H3;4*2-8H,1H3;16*1-2H3. The number of hydrogen-bond donors (Lipinski definition) is 0. The topological polar surface area (TPSA) is 0 Å². The van der Waals surface area contributed by atoms with Crippen molar-refractivity contribution in [2.45, 2.75) is 277 Å². The van der Waals surface area contributed by atoms with Crippen LogP contribution in [0.15, 0.2) is 243 Å². The lowest BCUT2D eigenvalue weighted by Crippen LogP contribution is -1.80. The second-order valence-electron chi connectivity index (χ2n) is 17.9. The normalized spacial score (nSPS) is 8.00. The van der Waals surface area contributed by atoms with Gasteiger partial charge >= 0.3 is 0 Å². The molecule has 0 saturated heterocycles. The van der Waals surface area contributed by atoms with Crippen LogP contribution in [-0.2, 0) is 0 Å². The molecule has 0 aliphatic carbocycles. The van der Waals surface area contributed by atoms with Gasteiger partial charge in [-0.3, -0.25) is 0 Å². The van der Waals surface area contributed by atoms with Crippen molar-refractivity contribution < 1.29 is 0 Å². The molecule has 0 nitrogen and oxygen atoms in total. The Morgan fingerprint density at radius 2 is 0.270 bits per heavy atom. The zero-order chi connectivity index (χ0) is 79.8. The first-order valence-electron chi connectivity index (χ1n) is 39.7. The van der Waals surface area contributed by atoms with Crippen LogP contribution < -0.4 is 0 Å². The highest BCUT2D eigenvalue weighted by molar-refractivity contribution is 5.89. The van der Waals surface area contributed by atoms with Gasteiger partial charge in [0.15, 0.2) is 0 Å². The van der Waals surface area contributed by atoms with Crippen molar-refractivity contribution in [1.82, 2.24) is 0 Å². The minimum absolute atomic E-state index is 1.32. The Hall–Kier alpha value is -7.80. The molecular formula is C100H160. The van der Waals surface area contributed by atoms with Crippen LogP contribution in [0.25, 0.3) is 64.6 Å². The van der Waals surface area contributed by atoms with E-state index in [1.807, 2.05) is 222 Å². The number of benzene rings is 12. The molecule has 0 N–H and O–H groups in total. The molecule has 0 spiro atoms. The summed E-state index contributed by atoms with van der Waals surface area (Å²) in [6, 6.07) is 85.5. The van der Waals surface area contributed by atoms with Gasteiger partial charge in [0.2, 0.25) is 0 Å². The largest absolute Gasteiger partial charge is 0.0683 e. The quantitative estimate of drug-likeness (QED) is 0.142. The average Bonchev–Trinajstić information content (AvgIpc) is 0.823. The van der Waals surface area contributed by atoms with Crippen molar-refractivity contribution in [3.05, 3.63) is 287 Å². The predicted molar refractivity (Wildman–Crippen MR) is 483 cm³/mol. The lowest BCUT2D eigenvalue weighted by Gasteiger charge is -2.03. The van der Waals surface area contributed by atoms with Gasteiger partial charge in [0.1, 0.15) is 0 Å². The number of hydrogen-bond acceptors (Lipinski definition) is 0. The second kappa shape index (κ2) is 87.3. The van der Waals surface area contributed by atoms with Gasteiger partial charge in [-0.25, -0.2) is 0 Å². The van der Waals surface area contributed by atoms with Crippen molar-refractivity contribution in [3.8, 4) is 0 Å². The van der Waals surface area contributed by atoms with E-state index in [1.54, 1.807) is 0 Å². The van der Waals surface area contributed by atoms with Crippen LogP contribution in [0.5, 0.6) is 0 Å². The Bertz CT molecular complexity index is 3290. The van der Waals surface area contributed by atoms with Gasteiger partial charge in [-0.2, -0.15) is 0 Å². The monoisotopic (exact) mass is 1360 g/mol. The zero-order valence-corrected chi connectivity index (χ0v) is 73.1. The third-order valence-corrected chi connectivity index (χ3v) is 12.3. The van der Waals surface area contributed by atoms with E-state index in [-0.39, 0.29) is 0 Å². The van der Waals surface area contributed by atoms with Gasteiger partial charge < -0.3 is 0 Å². The van der Waals surface area contributed by atoms with Crippen LogP contribution in [0.4, 0.5) is 0 Å². The fourth-order valence-corrected chi connectivity index (χ4v) is 8.50. The van der Waals surface area contributed by atoms with Crippen molar-refractivity contribution in [2.24, 2.45) is 0 Å². The molecule has 0 heterocycles. The van der Waals surface area contributed by atoms with Gasteiger partial charge in [-0.15, -0.1) is 0 Å². The summed E-state index contributed by atoms with van der Waals surface area (Å²) in [4.78, 5) is 0. The van der Waals surface area contributed by atoms with Crippen molar-refractivity contribution >= 4 is 64.6 Å². The summed E-state index contributed by atoms with van der Waals surface area (Å²) in [6.07, 6.45) is 0. The first-order valence-corrected chi connectivity index (χ1v) is 39.7. The van der Waals surface area contributed by atoms with Crippen LogP contribution in [0.2, 0.25) is 0 Å². The van der Waals surface area contributed by atoms with Crippen LogP contribution in [0, 0.1) is 55.4 Å². The number of aryl methyl sites for hydroxylation is 8. The highest BCUT2D eigenvalue weighted by atomic mass is 14.0. The third-order valence-electron chi connectivity index (χ3n) is 12.3. The SMILES string of the molecule is CC.CC.CC.CC.CC.CC.CC.CC.CC.CC.CC.CC.CC.CC.CC.CC.Cc1ccc2cc(C)ccc2c1.Cc1ccc2ccccc2c1.Cc1ccc2ccccc2c1.Cc1cccc2c(C)cccc12.Cc1cccc2ccccc12.Cc1cccc2ccccc12. The van der Waals surface area contributed by atoms with E-state index in [0.29, 0.717) is 0 Å². The summed E-state index contributed by atoms with van der Waals surface area (Å²) in [7, 11) is 0. The molecule has 100 heavy (non-hydrogen) atoms. The van der Waals surface area contributed by atoms with Crippen LogP contribution >= 0.6 is 0 Å². The first kappa shape index (κ1) is 113. The average molecular weight is 1360 g/mol. The predicted octanol–water partition coefficient (Wildman–Crippen LogP) is 35.9. The molecule has 0 aromatic heterocycles. The summed E-state index contributed by atoms with van der Waals surface area (Å²) < 4.78 is 0. The zero-order valence-electron chi connectivity index (χ0n) is 73.1. The number of rotatable bonds is 0. The van der Waals surface area contributed by atoms with Gasteiger partial charge in [0, 0.05) is 0 Å². The third kappa shape index (κ3) is 49.7. The summed E-state index contributed by atoms with van der Waals surface area (Å²) in [5.41, 5.74) is 10.7. The molecule has 0 aliphatic heterocycles. The smallest absolute Gasteiger partial charge is 0.0152 e. The fourth-order valence-electron chi connectivity index (χ4n) is 8.50. The van der Waals surface area contributed by atoms with Crippen LogP contribution in [0.1, 0.15) is 266 Å². The molecule has 560 valence electrons. The second-order valence-corrected chi connectivity index (χ2v) is 17.9. The molecule has 12 aromatic carbocycles. The Morgan fingerprint density at radius 1 is 0.120 bits per heavy atom. The maximum Gasteiger partial charge on any atom is -0.0152 e. The molecule has 0 atom stereocenters. The van der Waals surface area contributed by atoms with E-state index in [0.717, 1.165) is 0 Å². The minimum atomic E-state index is 1.32. The minimum Gasteiger partial charge on any atom is -0.0683 e. The molecule has 12 rings (SSSR count). The maximum atomic E-state index is 2.22. The van der Waals surface area contributed by atoms with Crippen molar-refractivity contribution in [3.63, 3.8) is 0 Å². The lowest BCUT2D eigenvalue weighted by molar-refractivity contribution is 1.47. The maximum absolute atomic E-state index is 2.22. The Morgan fingerprint density at radius 3 is 0.500 bits per heavy atom. The highest BCUT2D eigenvalue weighted by Gasteiger charge is 1.98. The van der Waals surface area contributed by atoms with Gasteiger partial charge in [-0.05, 0) is 142 Å². The summed E-state index contributed by atoms with van der Waals surface area (Å²) in [5, 5.41) is 16.1. The summed E-state index contributed by atoms with van der Waals surface area (Å²) in [5.74, 6) is 0. The molecule has 0 aliphatic rings. The van der Waals surface area contributed by atoms with Crippen molar-refractivity contribution in [2.75, 3.05) is 0 Å². The van der Waals surface area contributed by atoms with E-state index in [4.69, 9.17) is 0 Å². The lowest BCUT2D eigenvalue weighted by atomic mass is 10.0. The Labute approximate surface area is 625 Å². The molecule has 0 saturated carbocycles. The molecule has 0 heteroatoms. The molecule has 12 aromatic rings. The van der Waals surface area contributed by atoms with Gasteiger partial charge in [0.05, 0.1) is 0 Å². The highest BCUT2D eigenvalue weighted by Crippen LogP contribution is 2.22. The molecule has 0 unspecified atom stereocenters.